The predicted octanol–water partition coefficient (Wildman–Crippen LogP) is 5.74. The van der Waals surface area contributed by atoms with E-state index in [1.54, 1.807) is 6.20 Å². The Hall–Kier alpha value is -1.24. The third-order valence-electron chi connectivity index (χ3n) is 5.04. The zero-order valence-corrected chi connectivity index (χ0v) is 17.6. The molecular weight excluding hydrogens is 437 g/mol. The fourth-order valence-corrected chi connectivity index (χ4v) is 4.25. The first-order valence-electron chi connectivity index (χ1n) is 8.53. The highest BCUT2D eigenvalue weighted by Gasteiger charge is 2.35. The van der Waals surface area contributed by atoms with Crippen LogP contribution in [0.1, 0.15) is 36.8 Å². The first-order valence-corrected chi connectivity index (χ1v) is 10.1. The summed E-state index contributed by atoms with van der Waals surface area (Å²) in [6.07, 6.45) is 6.15. The summed E-state index contributed by atoms with van der Waals surface area (Å²) in [7, 11) is 0. The number of hydrogen-bond acceptors (Lipinski definition) is 2. The van der Waals surface area contributed by atoms with Crippen molar-refractivity contribution >= 4 is 50.7 Å². The van der Waals surface area contributed by atoms with Gasteiger partial charge < -0.3 is 10.6 Å². The van der Waals surface area contributed by atoms with Gasteiger partial charge in [-0.15, -0.1) is 0 Å². The second-order valence-electron chi connectivity index (χ2n) is 6.70. The van der Waals surface area contributed by atoms with Crippen LogP contribution in [0.5, 0.6) is 0 Å². The quantitative estimate of drug-likeness (QED) is 0.575. The van der Waals surface area contributed by atoms with Crippen LogP contribution in [0, 0.1) is 12.7 Å². The van der Waals surface area contributed by atoms with Crippen molar-refractivity contribution < 1.29 is 4.39 Å². The normalized spacial score (nSPS) is 15.7. The van der Waals surface area contributed by atoms with Crippen LogP contribution in [-0.4, -0.2) is 16.6 Å². The molecule has 0 atom stereocenters. The molecule has 1 aromatic heterocycles. The highest BCUT2D eigenvalue weighted by molar-refractivity contribution is 9.10. The minimum atomic E-state index is -0.210. The van der Waals surface area contributed by atoms with Crippen molar-refractivity contribution in [1.29, 1.82) is 0 Å². The summed E-state index contributed by atoms with van der Waals surface area (Å²) in [5.41, 5.74) is 2.04. The second kappa shape index (κ2) is 8.19. The molecule has 3 rings (SSSR count). The highest BCUT2D eigenvalue weighted by Crippen LogP contribution is 2.40. The molecule has 3 nitrogen and oxygen atoms in total. The van der Waals surface area contributed by atoms with Gasteiger partial charge in [-0.25, -0.2) is 9.37 Å². The van der Waals surface area contributed by atoms with Crippen LogP contribution in [0.25, 0.3) is 0 Å². The maximum absolute atomic E-state index is 13.3. The lowest BCUT2D eigenvalue weighted by atomic mass is 9.79. The molecule has 0 aliphatic heterocycles. The summed E-state index contributed by atoms with van der Waals surface area (Å²) in [5.74, 6) is 0.325. The number of pyridine rings is 1. The van der Waals surface area contributed by atoms with Crippen LogP contribution in [0.4, 0.5) is 10.2 Å². The van der Waals surface area contributed by atoms with E-state index in [1.807, 2.05) is 19.1 Å². The van der Waals surface area contributed by atoms with E-state index in [-0.39, 0.29) is 11.2 Å². The average molecular weight is 457 g/mol. The van der Waals surface area contributed by atoms with Gasteiger partial charge in [-0.2, -0.15) is 0 Å². The van der Waals surface area contributed by atoms with Crippen molar-refractivity contribution in [3.8, 4) is 0 Å². The smallest absolute Gasteiger partial charge is 0.172 e. The SMILES string of the molecule is Cc1c(Br)cnc(NC(=S)NCC2(c3ccc(F)cc3)CCCC2)c1Cl. The summed E-state index contributed by atoms with van der Waals surface area (Å²) in [6, 6.07) is 6.82. The van der Waals surface area contributed by atoms with Gasteiger partial charge in [-0.1, -0.05) is 36.6 Å². The van der Waals surface area contributed by atoms with Gasteiger partial charge in [-0.3, -0.25) is 0 Å². The topological polar surface area (TPSA) is 37.0 Å². The van der Waals surface area contributed by atoms with Crippen molar-refractivity contribution in [1.82, 2.24) is 10.3 Å². The monoisotopic (exact) mass is 455 g/mol. The lowest BCUT2D eigenvalue weighted by Crippen LogP contribution is -2.41. The molecule has 1 aliphatic rings. The molecule has 0 radical (unpaired) electrons. The standard InChI is InChI=1S/C19H20BrClFN3S/c1-12-15(20)10-23-17(16(12)21)25-18(26)24-11-19(8-2-3-9-19)13-4-6-14(22)7-5-13/h4-7,10H,2-3,8-9,11H2,1H3,(H2,23,24,25,26). The first kappa shape index (κ1) is 19.5. The van der Waals surface area contributed by atoms with Gasteiger partial charge in [-0.05, 0) is 71.2 Å². The number of anilines is 1. The van der Waals surface area contributed by atoms with Gasteiger partial charge in [0.05, 0.1) is 5.02 Å². The number of nitrogens with zero attached hydrogens (tertiary/aromatic N) is 1. The molecule has 7 heteroatoms. The minimum Gasteiger partial charge on any atom is -0.362 e. The molecular formula is C19H20BrClFN3S. The van der Waals surface area contributed by atoms with E-state index in [4.69, 9.17) is 23.8 Å². The van der Waals surface area contributed by atoms with E-state index >= 15 is 0 Å². The van der Waals surface area contributed by atoms with Gasteiger partial charge in [0.15, 0.2) is 10.9 Å². The zero-order valence-electron chi connectivity index (χ0n) is 14.4. The van der Waals surface area contributed by atoms with Crippen LogP contribution in [0.2, 0.25) is 5.02 Å². The second-order valence-corrected chi connectivity index (χ2v) is 8.34. The van der Waals surface area contributed by atoms with E-state index in [9.17, 15) is 4.39 Å². The molecule has 1 fully saturated rings. The first-order chi connectivity index (χ1) is 12.4. The van der Waals surface area contributed by atoms with Crippen molar-refractivity contribution in [3.63, 3.8) is 0 Å². The average Bonchev–Trinajstić information content (AvgIpc) is 3.11. The van der Waals surface area contributed by atoms with Gasteiger partial charge in [0, 0.05) is 22.6 Å². The van der Waals surface area contributed by atoms with Crippen molar-refractivity contribution in [2.45, 2.75) is 38.0 Å². The van der Waals surface area contributed by atoms with Crippen LogP contribution in [0.15, 0.2) is 34.9 Å². The van der Waals surface area contributed by atoms with E-state index in [0.717, 1.165) is 28.4 Å². The number of rotatable bonds is 4. The molecule has 138 valence electrons. The van der Waals surface area contributed by atoms with E-state index < -0.39 is 0 Å². The fraction of sp³-hybridized carbons (Fsp3) is 0.368. The molecule has 0 spiro atoms. The van der Waals surface area contributed by atoms with Crippen LogP contribution in [-0.2, 0) is 5.41 Å². The third-order valence-corrected chi connectivity index (χ3v) is 6.55. The zero-order chi connectivity index (χ0) is 18.7. The third kappa shape index (κ3) is 4.18. The van der Waals surface area contributed by atoms with Crippen molar-refractivity contribution in [3.05, 3.63) is 56.9 Å². The highest BCUT2D eigenvalue weighted by atomic mass is 79.9. The van der Waals surface area contributed by atoms with Gasteiger partial charge >= 0.3 is 0 Å². The predicted molar refractivity (Wildman–Crippen MR) is 112 cm³/mol. The van der Waals surface area contributed by atoms with E-state index in [1.165, 1.54) is 25.0 Å². The largest absolute Gasteiger partial charge is 0.362 e. The Labute approximate surface area is 171 Å². The van der Waals surface area contributed by atoms with Crippen LogP contribution in [0.3, 0.4) is 0 Å². The summed E-state index contributed by atoms with van der Waals surface area (Å²) in [6.45, 7) is 2.61. The number of halogens is 3. The van der Waals surface area contributed by atoms with Crippen molar-refractivity contribution in [2.75, 3.05) is 11.9 Å². The number of aromatic nitrogens is 1. The maximum atomic E-state index is 13.3. The Bertz CT molecular complexity index is 807. The maximum Gasteiger partial charge on any atom is 0.172 e. The molecule has 0 bridgehead atoms. The van der Waals surface area contributed by atoms with Gasteiger partial charge in [0.2, 0.25) is 0 Å². The number of nitrogens with one attached hydrogen (secondary N) is 2. The number of benzene rings is 1. The summed E-state index contributed by atoms with van der Waals surface area (Å²) in [4.78, 5) is 4.28. The number of thiocarbonyl (C=S) groups is 1. The fourth-order valence-electron chi connectivity index (χ4n) is 3.47. The Kier molecular flexibility index (Phi) is 6.15. The molecule has 1 heterocycles. The van der Waals surface area contributed by atoms with Crippen LogP contribution < -0.4 is 10.6 Å². The van der Waals surface area contributed by atoms with Gasteiger partial charge in [0.25, 0.3) is 0 Å². The lowest BCUT2D eigenvalue weighted by Gasteiger charge is -2.30. The Balaban J connectivity index is 1.69. The minimum absolute atomic E-state index is 0.0215. The molecule has 1 saturated carbocycles. The van der Waals surface area contributed by atoms with Crippen LogP contribution >= 0.6 is 39.7 Å². The molecule has 0 unspecified atom stereocenters. The van der Waals surface area contributed by atoms with E-state index in [2.05, 4.69) is 31.5 Å². The summed E-state index contributed by atoms with van der Waals surface area (Å²) < 4.78 is 14.1. The molecule has 0 amide bonds. The Morgan fingerprint density at radius 1 is 1.31 bits per heavy atom. The van der Waals surface area contributed by atoms with E-state index in [0.29, 0.717) is 22.5 Å². The number of hydrogen-bond donors (Lipinski definition) is 2. The molecule has 1 aliphatic carbocycles. The Morgan fingerprint density at radius 3 is 2.62 bits per heavy atom. The molecule has 2 N–H and O–H groups in total. The summed E-state index contributed by atoms with van der Waals surface area (Å²) >= 11 is 15.2. The molecule has 1 aromatic carbocycles. The summed E-state index contributed by atoms with van der Waals surface area (Å²) in [5, 5.41) is 7.40. The molecule has 0 saturated heterocycles. The lowest BCUT2D eigenvalue weighted by molar-refractivity contribution is 0.434. The van der Waals surface area contributed by atoms with Crippen molar-refractivity contribution in [2.24, 2.45) is 0 Å². The Morgan fingerprint density at radius 2 is 1.96 bits per heavy atom. The van der Waals surface area contributed by atoms with Gasteiger partial charge in [0.1, 0.15) is 5.82 Å². The molecule has 2 aromatic rings. The molecule has 26 heavy (non-hydrogen) atoms.